The fraction of sp³-hybridized carbons (Fsp3) is 0.118. The molecule has 4 nitrogen and oxygen atoms in total. The Labute approximate surface area is 155 Å². The molecule has 0 unspecified atom stereocenters. The molecular weight excluding hydrogens is 367 g/mol. The summed E-state index contributed by atoms with van der Waals surface area (Å²) in [5, 5.41) is 6.43. The molecule has 7 heteroatoms. The van der Waals surface area contributed by atoms with Gasteiger partial charge in [0.25, 0.3) is 5.91 Å². The molecule has 0 aliphatic rings. The minimum absolute atomic E-state index is 0.0355. The Hall–Kier alpha value is -1.95. The van der Waals surface area contributed by atoms with E-state index in [2.05, 4.69) is 10.6 Å². The van der Waals surface area contributed by atoms with Gasteiger partial charge >= 0.3 is 0 Å². The topological polar surface area (TPSA) is 58.2 Å². The molecule has 0 aromatic heterocycles. The summed E-state index contributed by atoms with van der Waals surface area (Å²) < 4.78 is 0. The first-order valence-corrected chi connectivity index (χ1v) is 8.17. The lowest BCUT2D eigenvalue weighted by Crippen LogP contribution is -2.33. The van der Waals surface area contributed by atoms with E-state index >= 15 is 0 Å². The third-order valence-corrected chi connectivity index (χ3v) is 4.26. The summed E-state index contributed by atoms with van der Waals surface area (Å²) in [4.78, 5) is 23.3. The summed E-state index contributed by atoms with van der Waals surface area (Å²) in [6, 6.07) is 11.8. The predicted octanol–water partition coefficient (Wildman–Crippen LogP) is 4.25. The number of hydrogen-bond acceptors (Lipinski definition) is 3. The number of carbonyl (C=O) groups excluding carboxylic acids is 2. The monoisotopic (exact) mass is 380 g/mol. The van der Waals surface area contributed by atoms with Crippen LogP contribution < -0.4 is 10.6 Å². The summed E-state index contributed by atoms with van der Waals surface area (Å²) >= 11 is 16.9. The van der Waals surface area contributed by atoms with Crippen LogP contribution in [0.2, 0.25) is 10.0 Å². The average molecular weight is 381 g/mol. The van der Waals surface area contributed by atoms with Crippen molar-refractivity contribution in [3.8, 4) is 0 Å². The van der Waals surface area contributed by atoms with Gasteiger partial charge in [0.1, 0.15) is 0 Å². The number of Topliss-reactive ketones (excluding diaryl/α,β-unsaturated/α-hetero) is 1. The summed E-state index contributed by atoms with van der Waals surface area (Å²) in [7, 11) is 0. The van der Waals surface area contributed by atoms with E-state index in [1.807, 2.05) is 0 Å². The number of hydrogen-bond donors (Lipinski definition) is 2. The van der Waals surface area contributed by atoms with Crippen LogP contribution in [-0.4, -0.2) is 16.7 Å². The number of amides is 1. The van der Waals surface area contributed by atoms with E-state index in [0.29, 0.717) is 27.8 Å². The van der Waals surface area contributed by atoms with Gasteiger partial charge in [-0.25, -0.2) is 0 Å². The predicted molar refractivity (Wildman–Crippen MR) is 101 cm³/mol. The molecule has 2 rings (SSSR count). The van der Waals surface area contributed by atoms with Crippen molar-refractivity contribution in [1.82, 2.24) is 5.32 Å². The van der Waals surface area contributed by atoms with Gasteiger partial charge in [0.2, 0.25) is 0 Å². The molecule has 0 atom stereocenters. The molecule has 2 aromatic rings. The van der Waals surface area contributed by atoms with Crippen molar-refractivity contribution in [3.05, 3.63) is 63.6 Å². The van der Waals surface area contributed by atoms with Gasteiger partial charge in [-0.1, -0.05) is 41.5 Å². The molecular formula is C17H14Cl2N2O2S. The molecule has 0 spiro atoms. The van der Waals surface area contributed by atoms with Crippen LogP contribution in [0.15, 0.2) is 42.5 Å². The highest BCUT2D eigenvalue weighted by Crippen LogP contribution is 2.22. The Morgan fingerprint density at radius 3 is 2.29 bits per heavy atom. The van der Waals surface area contributed by atoms with Crippen LogP contribution in [0.25, 0.3) is 0 Å². The summed E-state index contributed by atoms with van der Waals surface area (Å²) in [6.45, 7) is 1.84. The van der Waals surface area contributed by atoms with Gasteiger partial charge in [0, 0.05) is 17.8 Å². The van der Waals surface area contributed by atoms with Crippen LogP contribution in [0.5, 0.6) is 0 Å². The highest BCUT2D eigenvalue weighted by Gasteiger charge is 2.10. The molecule has 1 amide bonds. The molecule has 0 aliphatic carbocycles. The van der Waals surface area contributed by atoms with E-state index in [0.717, 1.165) is 5.56 Å². The summed E-state index contributed by atoms with van der Waals surface area (Å²) in [5.74, 6) is -0.465. The molecule has 0 radical (unpaired) electrons. The minimum atomic E-state index is -0.430. The maximum atomic E-state index is 12.0. The fourth-order valence-electron chi connectivity index (χ4n) is 1.89. The van der Waals surface area contributed by atoms with Crippen molar-refractivity contribution < 1.29 is 9.59 Å². The average Bonchev–Trinajstić information content (AvgIpc) is 2.56. The van der Waals surface area contributed by atoms with Crippen molar-refractivity contribution in [2.45, 2.75) is 13.5 Å². The number of nitrogens with one attached hydrogen (secondary N) is 2. The number of carbonyl (C=O) groups is 2. The number of benzene rings is 2. The van der Waals surface area contributed by atoms with Crippen molar-refractivity contribution in [2.75, 3.05) is 5.32 Å². The first kappa shape index (κ1) is 18.4. The molecule has 124 valence electrons. The Morgan fingerprint density at radius 1 is 1.04 bits per heavy atom. The molecule has 0 aliphatic heterocycles. The van der Waals surface area contributed by atoms with E-state index in [-0.39, 0.29) is 10.8 Å². The second-order valence-corrected chi connectivity index (χ2v) is 6.24. The molecule has 0 heterocycles. The fourth-order valence-corrected chi connectivity index (χ4v) is 2.33. The number of anilines is 1. The highest BCUT2D eigenvalue weighted by atomic mass is 35.5. The zero-order valence-corrected chi connectivity index (χ0v) is 15.1. The smallest absolute Gasteiger partial charge is 0.283 e. The molecule has 24 heavy (non-hydrogen) atoms. The minimum Gasteiger partial charge on any atom is -0.368 e. The Balaban J connectivity index is 1.90. The molecule has 0 saturated carbocycles. The molecule has 0 fully saturated rings. The Kier molecular flexibility index (Phi) is 6.31. The molecule has 2 aromatic carbocycles. The standard InChI is InChI=1S/C17H14Cl2N2O2S/c1-10(22)12-3-5-13(6-4-12)21-16(23)17(24)20-9-11-2-7-14(18)15(19)8-11/h2-8H,9H2,1H3,(H,20,24)(H,21,23). The second-order valence-electron chi connectivity index (χ2n) is 5.02. The maximum Gasteiger partial charge on any atom is 0.283 e. The van der Waals surface area contributed by atoms with Crippen LogP contribution in [0, 0.1) is 0 Å². The van der Waals surface area contributed by atoms with Crippen LogP contribution in [-0.2, 0) is 11.3 Å². The zero-order chi connectivity index (χ0) is 17.7. The van der Waals surface area contributed by atoms with E-state index in [1.165, 1.54) is 6.92 Å². The van der Waals surface area contributed by atoms with Gasteiger partial charge in [-0.3, -0.25) is 9.59 Å². The van der Waals surface area contributed by atoms with E-state index < -0.39 is 5.91 Å². The van der Waals surface area contributed by atoms with Crippen molar-refractivity contribution in [3.63, 3.8) is 0 Å². The number of rotatable bonds is 4. The summed E-state index contributed by atoms with van der Waals surface area (Å²) in [5.41, 5.74) is 1.99. The zero-order valence-electron chi connectivity index (χ0n) is 12.7. The SMILES string of the molecule is CC(=O)c1ccc(NC(=O)C(=S)NCc2ccc(Cl)c(Cl)c2)cc1. The third-order valence-electron chi connectivity index (χ3n) is 3.19. The number of halogens is 2. The van der Waals surface area contributed by atoms with Gasteiger partial charge in [-0.05, 0) is 48.9 Å². The van der Waals surface area contributed by atoms with E-state index in [9.17, 15) is 9.59 Å². The van der Waals surface area contributed by atoms with Crippen LogP contribution in [0.1, 0.15) is 22.8 Å². The van der Waals surface area contributed by atoms with Gasteiger partial charge in [0.05, 0.1) is 10.0 Å². The third kappa shape index (κ3) is 5.03. The molecule has 0 bridgehead atoms. The second kappa shape index (κ2) is 8.24. The Bertz CT molecular complexity index is 792. The van der Waals surface area contributed by atoms with Crippen molar-refractivity contribution >= 4 is 57.8 Å². The van der Waals surface area contributed by atoms with Crippen molar-refractivity contribution in [2.24, 2.45) is 0 Å². The van der Waals surface area contributed by atoms with E-state index in [4.69, 9.17) is 35.4 Å². The van der Waals surface area contributed by atoms with Crippen LogP contribution >= 0.6 is 35.4 Å². The quantitative estimate of drug-likeness (QED) is 0.614. The highest BCUT2D eigenvalue weighted by molar-refractivity contribution is 7.82. The number of ketones is 1. The first-order valence-electron chi connectivity index (χ1n) is 7.01. The lowest BCUT2D eigenvalue weighted by Gasteiger charge is -2.10. The lowest BCUT2D eigenvalue weighted by atomic mass is 10.1. The maximum absolute atomic E-state index is 12.0. The summed E-state index contributed by atoms with van der Waals surface area (Å²) in [6.07, 6.45) is 0. The van der Waals surface area contributed by atoms with Gasteiger partial charge in [-0.2, -0.15) is 0 Å². The van der Waals surface area contributed by atoms with Gasteiger partial charge < -0.3 is 10.6 Å². The molecule has 0 saturated heterocycles. The van der Waals surface area contributed by atoms with Crippen LogP contribution in [0.4, 0.5) is 5.69 Å². The lowest BCUT2D eigenvalue weighted by molar-refractivity contribution is -0.110. The van der Waals surface area contributed by atoms with E-state index in [1.54, 1.807) is 42.5 Å². The molecule has 2 N–H and O–H groups in total. The van der Waals surface area contributed by atoms with Crippen LogP contribution in [0.3, 0.4) is 0 Å². The van der Waals surface area contributed by atoms with Gasteiger partial charge in [0.15, 0.2) is 10.8 Å². The van der Waals surface area contributed by atoms with Crippen molar-refractivity contribution in [1.29, 1.82) is 0 Å². The Morgan fingerprint density at radius 2 is 1.71 bits per heavy atom. The normalized spacial score (nSPS) is 10.1. The first-order chi connectivity index (χ1) is 11.4. The van der Waals surface area contributed by atoms with Gasteiger partial charge in [-0.15, -0.1) is 0 Å². The largest absolute Gasteiger partial charge is 0.368 e. The number of thiocarbonyl (C=S) groups is 1.